The number of aromatic carboxylic acids is 1. The van der Waals surface area contributed by atoms with Crippen LogP contribution < -0.4 is 0 Å². The molecule has 1 N–H and O–H groups in total. The van der Waals surface area contributed by atoms with Gasteiger partial charge in [-0.2, -0.15) is 0 Å². The highest BCUT2D eigenvalue weighted by Crippen LogP contribution is 2.29. The zero-order chi connectivity index (χ0) is 13.4. The maximum absolute atomic E-state index is 11.3. The van der Waals surface area contributed by atoms with E-state index in [0.29, 0.717) is 10.7 Å². The van der Waals surface area contributed by atoms with E-state index >= 15 is 0 Å². The van der Waals surface area contributed by atoms with Crippen molar-refractivity contribution in [3.8, 4) is 5.69 Å². The number of fused-ring (bicyclic) bond motifs is 1. The van der Waals surface area contributed by atoms with E-state index in [0.717, 1.165) is 37.1 Å². The van der Waals surface area contributed by atoms with Gasteiger partial charge in [0.05, 0.1) is 28.3 Å². The van der Waals surface area contributed by atoms with Crippen molar-refractivity contribution in [2.24, 2.45) is 0 Å². The SMILES string of the molecule is O=C(O)c1cccc(Cl)c1-n1cnc2c1CCCC2. The van der Waals surface area contributed by atoms with Crippen LogP contribution in [0.4, 0.5) is 0 Å². The number of rotatable bonds is 2. The van der Waals surface area contributed by atoms with Crippen molar-refractivity contribution in [1.82, 2.24) is 9.55 Å². The Bertz CT molecular complexity index is 649. The molecule has 0 bridgehead atoms. The van der Waals surface area contributed by atoms with Gasteiger partial charge in [0.2, 0.25) is 0 Å². The van der Waals surface area contributed by atoms with Gasteiger partial charge in [-0.1, -0.05) is 17.7 Å². The van der Waals surface area contributed by atoms with E-state index in [9.17, 15) is 9.90 Å². The molecule has 0 amide bonds. The molecule has 4 nitrogen and oxygen atoms in total. The highest BCUT2D eigenvalue weighted by Gasteiger charge is 2.21. The van der Waals surface area contributed by atoms with E-state index in [4.69, 9.17) is 11.6 Å². The topological polar surface area (TPSA) is 55.1 Å². The van der Waals surface area contributed by atoms with Gasteiger partial charge in [-0.05, 0) is 37.8 Å². The molecule has 0 fully saturated rings. The van der Waals surface area contributed by atoms with Crippen molar-refractivity contribution >= 4 is 17.6 Å². The Morgan fingerprint density at radius 2 is 2.11 bits per heavy atom. The van der Waals surface area contributed by atoms with Gasteiger partial charge in [0.1, 0.15) is 0 Å². The number of carboxylic acid groups (broad SMARTS) is 1. The molecule has 0 saturated heterocycles. The molecule has 1 aromatic heterocycles. The molecule has 98 valence electrons. The molecule has 3 rings (SSSR count). The molecule has 2 aromatic rings. The molecule has 1 heterocycles. The second kappa shape index (κ2) is 4.70. The van der Waals surface area contributed by atoms with Gasteiger partial charge in [-0.3, -0.25) is 0 Å². The van der Waals surface area contributed by atoms with E-state index in [1.807, 2.05) is 4.57 Å². The van der Waals surface area contributed by atoms with Crippen LogP contribution >= 0.6 is 11.6 Å². The van der Waals surface area contributed by atoms with E-state index in [-0.39, 0.29) is 5.56 Å². The summed E-state index contributed by atoms with van der Waals surface area (Å²) in [7, 11) is 0. The molecule has 0 unspecified atom stereocenters. The lowest BCUT2D eigenvalue weighted by Crippen LogP contribution is -2.11. The number of aromatic nitrogens is 2. The number of imidazole rings is 1. The molecule has 5 heteroatoms. The van der Waals surface area contributed by atoms with Gasteiger partial charge in [-0.25, -0.2) is 9.78 Å². The Balaban J connectivity index is 2.22. The summed E-state index contributed by atoms with van der Waals surface area (Å²) in [5.74, 6) is -0.976. The largest absolute Gasteiger partial charge is 0.478 e. The number of aryl methyl sites for hydroxylation is 1. The second-order valence-corrected chi connectivity index (χ2v) is 5.06. The molecular weight excluding hydrogens is 264 g/mol. The highest BCUT2D eigenvalue weighted by molar-refractivity contribution is 6.33. The maximum atomic E-state index is 11.3. The Morgan fingerprint density at radius 1 is 1.32 bits per heavy atom. The summed E-state index contributed by atoms with van der Waals surface area (Å²) in [6.45, 7) is 0. The number of halogens is 1. The quantitative estimate of drug-likeness (QED) is 0.917. The molecule has 1 aliphatic rings. The fraction of sp³-hybridized carbons (Fsp3) is 0.286. The van der Waals surface area contributed by atoms with Crippen molar-refractivity contribution in [3.05, 3.63) is 46.5 Å². The molecule has 1 aliphatic carbocycles. The third kappa shape index (κ3) is 2.02. The van der Waals surface area contributed by atoms with Gasteiger partial charge in [-0.15, -0.1) is 0 Å². The summed E-state index contributed by atoms with van der Waals surface area (Å²) in [6.07, 6.45) is 5.79. The summed E-state index contributed by atoms with van der Waals surface area (Å²) in [5.41, 5.74) is 2.87. The zero-order valence-electron chi connectivity index (χ0n) is 10.3. The van der Waals surface area contributed by atoms with Gasteiger partial charge < -0.3 is 9.67 Å². The standard InChI is InChI=1S/C14H13ClN2O2/c15-10-5-3-4-9(14(18)19)13(10)17-8-16-11-6-1-2-7-12(11)17/h3-5,8H,1-2,6-7H2,(H,18,19). The van der Waals surface area contributed by atoms with Crippen molar-refractivity contribution in [2.75, 3.05) is 0 Å². The van der Waals surface area contributed by atoms with E-state index in [1.165, 1.54) is 0 Å². The van der Waals surface area contributed by atoms with Crippen LogP contribution in [-0.4, -0.2) is 20.6 Å². The maximum Gasteiger partial charge on any atom is 0.337 e. The third-order valence-corrected chi connectivity index (χ3v) is 3.79. The first-order valence-electron chi connectivity index (χ1n) is 6.26. The molecular formula is C14H13ClN2O2. The Morgan fingerprint density at radius 3 is 2.89 bits per heavy atom. The Hall–Kier alpha value is -1.81. The van der Waals surface area contributed by atoms with E-state index in [2.05, 4.69) is 4.98 Å². The minimum absolute atomic E-state index is 0.207. The number of hydrogen-bond donors (Lipinski definition) is 1. The zero-order valence-corrected chi connectivity index (χ0v) is 11.0. The number of para-hydroxylation sites is 1. The number of carboxylic acids is 1. The van der Waals surface area contributed by atoms with Gasteiger partial charge in [0, 0.05) is 5.69 Å². The predicted octanol–water partition coefficient (Wildman–Crippen LogP) is 3.10. The molecule has 0 spiro atoms. The smallest absolute Gasteiger partial charge is 0.337 e. The van der Waals surface area contributed by atoms with Gasteiger partial charge in [0.15, 0.2) is 0 Å². The summed E-state index contributed by atoms with van der Waals surface area (Å²) < 4.78 is 1.83. The Labute approximate surface area is 115 Å². The van der Waals surface area contributed by atoms with Crippen LogP contribution in [0.25, 0.3) is 5.69 Å². The van der Waals surface area contributed by atoms with Crippen LogP contribution in [0.1, 0.15) is 34.6 Å². The lowest BCUT2D eigenvalue weighted by Gasteiger charge is -2.16. The van der Waals surface area contributed by atoms with Crippen molar-refractivity contribution < 1.29 is 9.90 Å². The normalized spacial score (nSPS) is 14.2. The first-order chi connectivity index (χ1) is 9.18. The van der Waals surface area contributed by atoms with Crippen LogP contribution in [0.15, 0.2) is 24.5 Å². The average molecular weight is 277 g/mol. The molecule has 0 saturated carbocycles. The monoisotopic (exact) mass is 276 g/mol. The average Bonchev–Trinajstić information content (AvgIpc) is 2.82. The first kappa shape index (κ1) is 12.2. The summed E-state index contributed by atoms with van der Waals surface area (Å²) >= 11 is 6.20. The summed E-state index contributed by atoms with van der Waals surface area (Å²) in [4.78, 5) is 15.7. The Kier molecular flexibility index (Phi) is 3.03. The first-order valence-corrected chi connectivity index (χ1v) is 6.63. The van der Waals surface area contributed by atoms with Crippen molar-refractivity contribution in [2.45, 2.75) is 25.7 Å². The van der Waals surface area contributed by atoms with Crippen LogP contribution in [0, 0.1) is 0 Å². The summed E-state index contributed by atoms with van der Waals surface area (Å²) in [5, 5.41) is 9.74. The lowest BCUT2D eigenvalue weighted by atomic mass is 10.0. The number of nitrogens with zero attached hydrogens (tertiary/aromatic N) is 2. The fourth-order valence-corrected chi connectivity index (χ4v) is 2.86. The van der Waals surface area contributed by atoms with Crippen LogP contribution in [0.5, 0.6) is 0 Å². The lowest BCUT2D eigenvalue weighted by molar-refractivity contribution is 0.0697. The fourth-order valence-electron chi connectivity index (χ4n) is 2.59. The summed E-state index contributed by atoms with van der Waals surface area (Å²) in [6, 6.07) is 4.93. The number of hydrogen-bond acceptors (Lipinski definition) is 2. The minimum Gasteiger partial charge on any atom is -0.478 e. The van der Waals surface area contributed by atoms with Crippen LogP contribution in [0.2, 0.25) is 5.02 Å². The van der Waals surface area contributed by atoms with Crippen LogP contribution in [-0.2, 0) is 12.8 Å². The van der Waals surface area contributed by atoms with Gasteiger partial charge in [0.25, 0.3) is 0 Å². The minimum atomic E-state index is -0.976. The molecule has 1 aromatic carbocycles. The predicted molar refractivity (Wildman–Crippen MR) is 72.2 cm³/mol. The third-order valence-electron chi connectivity index (χ3n) is 3.49. The molecule has 0 radical (unpaired) electrons. The van der Waals surface area contributed by atoms with Crippen molar-refractivity contribution in [3.63, 3.8) is 0 Å². The highest BCUT2D eigenvalue weighted by atomic mass is 35.5. The second-order valence-electron chi connectivity index (χ2n) is 4.66. The van der Waals surface area contributed by atoms with Crippen molar-refractivity contribution in [1.29, 1.82) is 0 Å². The van der Waals surface area contributed by atoms with Crippen LogP contribution in [0.3, 0.4) is 0 Å². The number of benzene rings is 1. The molecule has 0 atom stereocenters. The van der Waals surface area contributed by atoms with E-state index < -0.39 is 5.97 Å². The van der Waals surface area contributed by atoms with Gasteiger partial charge >= 0.3 is 5.97 Å². The molecule has 19 heavy (non-hydrogen) atoms. The number of carbonyl (C=O) groups is 1. The van der Waals surface area contributed by atoms with E-state index in [1.54, 1.807) is 24.5 Å². The molecule has 0 aliphatic heterocycles.